The molecule has 2 amide bonds. The standard InChI is InChI=1S/C17H19N3O2/c1-11-10-13(12-6-2-3-7-14(12)19-11)16(21)20-15-8-4-5-9-18-17(15)22/h2-3,6-7,10,15H,4-5,8-9H2,1H3,(H,18,22)(H,20,21)/t15-/m0/s1. The molecule has 0 spiro atoms. The molecule has 3 rings (SSSR count). The van der Waals surface area contributed by atoms with Crippen LogP contribution >= 0.6 is 0 Å². The second-order valence-corrected chi connectivity index (χ2v) is 5.64. The van der Waals surface area contributed by atoms with Crippen molar-refractivity contribution in [2.75, 3.05) is 6.54 Å². The molecule has 1 aromatic heterocycles. The van der Waals surface area contributed by atoms with Crippen molar-refractivity contribution in [3.8, 4) is 0 Å². The average Bonchev–Trinajstić information content (AvgIpc) is 2.71. The largest absolute Gasteiger partial charge is 0.354 e. The molecule has 2 heterocycles. The van der Waals surface area contributed by atoms with Crippen LogP contribution in [0.1, 0.15) is 35.3 Å². The van der Waals surface area contributed by atoms with E-state index in [0.717, 1.165) is 29.4 Å². The van der Waals surface area contributed by atoms with Crippen molar-refractivity contribution in [2.45, 2.75) is 32.2 Å². The minimum absolute atomic E-state index is 0.0964. The SMILES string of the molecule is Cc1cc(C(=O)N[C@H]2CCCCNC2=O)c2ccccc2n1. The van der Waals surface area contributed by atoms with E-state index in [-0.39, 0.29) is 11.8 Å². The molecule has 5 heteroatoms. The Morgan fingerprint density at radius 1 is 1.32 bits per heavy atom. The number of hydrogen-bond acceptors (Lipinski definition) is 3. The van der Waals surface area contributed by atoms with Gasteiger partial charge in [-0.1, -0.05) is 18.2 Å². The molecule has 1 aliphatic rings. The number of aryl methyl sites for hydroxylation is 1. The number of para-hydroxylation sites is 1. The summed E-state index contributed by atoms with van der Waals surface area (Å²) in [6.45, 7) is 2.55. The summed E-state index contributed by atoms with van der Waals surface area (Å²) in [6, 6.07) is 8.86. The fraction of sp³-hybridized carbons (Fsp3) is 0.353. The summed E-state index contributed by atoms with van der Waals surface area (Å²) in [5, 5.41) is 6.50. The third-order valence-corrected chi connectivity index (χ3v) is 3.93. The molecule has 22 heavy (non-hydrogen) atoms. The number of carbonyl (C=O) groups is 2. The van der Waals surface area contributed by atoms with Crippen LogP contribution in [0.5, 0.6) is 0 Å². The van der Waals surface area contributed by atoms with E-state index in [9.17, 15) is 9.59 Å². The van der Waals surface area contributed by atoms with Crippen LogP contribution in [0.25, 0.3) is 10.9 Å². The highest BCUT2D eigenvalue weighted by molar-refractivity contribution is 6.07. The van der Waals surface area contributed by atoms with E-state index in [1.54, 1.807) is 6.07 Å². The van der Waals surface area contributed by atoms with E-state index in [0.29, 0.717) is 18.5 Å². The number of amides is 2. The molecule has 0 radical (unpaired) electrons. The summed E-state index contributed by atoms with van der Waals surface area (Å²) in [6.07, 6.45) is 2.56. The lowest BCUT2D eigenvalue weighted by Crippen LogP contribution is -2.45. The Hall–Kier alpha value is -2.43. The summed E-state index contributed by atoms with van der Waals surface area (Å²) < 4.78 is 0. The maximum absolute atomic E-state index is 12.6. The van der Waals surface area contributed by atoms with Gasteiger partial charge >= 0.3 is 0 Å². The zero-order valence-corrected chi connectivity index (χ0v) is 12.6. The number of benzene rings is 1. The van der Waals surface area contributed by atoms with Crippen molar-refractivity contribution in [1.82, 2.24) is 15.6 Å². The van der Waals surface area contributed by atoms with Crippen LogP contribution in [0.2, 0.25) is 0 Å². The third kappa shape index (κ3) is 2.93. The number of hydrogen-bond donors (Lipinski definition) is 2. The number of nitrogens with zero attached hydrogens (tertiary/aromatic N) is 1. The van der Waals surface area contributed by atoms with Crippen LogP contribution in [0.15, 0.2) is 30.3 Å². The molecule has 0 unspecified atom stereocenters. The van der Waals surface area contributed by atoms with Gasteiger partial charge in [-0.3, -0.25) is 14.6 Å². The molecule has 2 N–H and O–H groups in total. The highest BCUT2D eigenvalue weighted by atomic mass is 16.2. The van der Waals surface area contributed by atoms with Gasteiger partial charge < -0.3 is 10.6 Å². The van der Waals surface area contributed by atoms with E-state index >= 15 is 0 Å². The Morgan fingerprint density at radius 2 is 2.14 bits per heavy atom. The third-order valence-electron chi connectivity index (χ3n) is 3.93. The molecular formula is C17H19N3O2. The molecule has 1 atom stereocenters. The first kappa shape index (κ1) is 14.5. The van der Waals surface area contributed by atoms with Gasteiger partial charge in [-0.2, -0.15) is 0 Å². The fourth-order valence-corrected chi connectivity index (χ4v) is 2.81. The zero-order valence-electron chi connectivity index (χ0n) is 12.6. The summed E-state index contributed by atoms with van der Waals surface area (Å²) in [7, 11) is 0. The van der Waals surface area contributed by atoms with E-state index in [1.165, 1.54) is 0 Å². The van der Waals surface area contributed by atoms with Gasteiger partial charge in [0.1, 0.15) is 6.04 Å². The average molecular weight is 297 g/mol. The smallest absolute Gasteiger partial charge is 0.252 e. The summed E-state index contributed by atoms with van der Waals surface area (Å²) in [5.74, 6) is -0.315. The van der Waals surface area contributed by atoms with Gasteiger partial charge in [-0.15, -0.1) is 0 Å². The van der Waals surface area contributed by atoms with Crippen molar-refractivity contribution in [1.29, 1.82) is 0 Å². The number of fused-ring (bicyclic) bond motifs is 1. The lowest BCUT2D eigenvalue weighted by Gasteiger charge is -2.16. The van der Waals surface area contributed by atoms with E-state index in [1.807, 2.05) is 31.2 Å². The van der Waals surface area contributed by atoms with Crippen LogP contribution in [-0.4, -0.2) is 29.4 Å². The predicted octanol–water partition coefficient (Wildman–Crippen LogP) is 1.94. The molecule has 0 aliphatic carbocycles. The van der Waals surface area contributed by atoms with Gasteiger partial charge in [-0.25, -0.2) is 0 Å². The molecule has 2 aromatic rings. The van der Waals surface area contributed by atoms with Gasteiger partial charge in [0.15, 0.2) is 0 Å². The maximum Gasteiger partial charge on any atom is 0.252 e. The Bertz CT molecular complexity index is 727. The Kier molecular flexibility index (Phi) is 4.04. The number of carbonyl (C=O) groups excluding carboxylic acids is 2. The van der Waals surface area contributed by atoms with Gasteiger partial charge in [0.05, 0.1) is 11.1 Å². The molecule has 0 bridgehead atoms. The molecular weight excluding hydrogens is 278 g/mol. The van der Waals surface area contributed by atoms with E-state index in [2.05, 4.69) is 15.6 Å². The molecule has 114 valence electrons. The predicted molar refractivity (Wildman–Crippen MR) is 84.6 cm³/mol. The first-order chi connectivity index (χ1) is 10.6. The maximum atomic E-state index is 12.6. The highest BCUT2D eigenvalue weighted by Gasteiger charge is 2.23. The van der Waals surface area contributed by atoms with Crippen molar-refractivity contribution in [2.24, 2.45) is 0 Å². The van der Waals surface area contributed by atoms with Crippen molar-refractivity contribution >= 4 is 22.7 Å². The monoisotopic (exact) mass is 297 g/mol. The highest BCUT2D eigenvalue weighted by Crippen LogP contribution is 2.18. The van der Waals surface area contributed by atoms with Crippen molar-refractivity contribution < 1.29 is 9.59 Å². The zero-order chi connectivity index (χ0) is 15.5. The van der Waals surface area contributed by atoms with Gasteiger partial charge in [0, 0.05) is 17.6 Å². The van der Waals surface area contributed by atoms with Gasteiger partial charge in [0.25, 0.3) is 5.91 Å². The quantitative estimate of drug-likeness (QED) is 0.890. The first-order valence-corrected chi connectivity index (χ1v) is 7.60. The van der Waals surface area contributed by atoms with Crippen LogP contribution in [0.3, 0.4) is 0 Å². The van der Waals surface area contributed by atoms with Crippen molar-refractivity contribution in [3.05, 3.63) is 41.6 Å². The molecule has 0 saturated carbocycles. The lowest BCUT2D eigenvalue weighted by atomic mass is 10.1. The van der Waals surface area contributed by atoms with Gasteiger partial charge in [0.2, 0.25) is 5.91 Å². The van der Waals surface area contributed by atoms with E-state index < -0.39 is 6.04 Å². The topological polar surface area (TPSA) is 71.1 Å². The minimum Gasteiger partial charge on any atom is -0.354 e. The van der Waals surface area contributed by atoms with Crippen LogP contribution in [0, 0.1) is 6.92 Å². The molecule has 5 nitrogen and oxygen atoms in total. The Balaban J connectivity index is 1.90. The van der Waals surface area contributed by atoms with E-state index in [4.69, 9.17) is 0 Å². The summed E-state index contributed by atoms with van der Waals surface area (Å²) >= 11 is 0. The lowest BCUT2D eigenvalue weighted by molar-refractivity contribution is -0.122. The molecule has 1 aliphatic heterocycles. The summed E-state index contributed by atoms with van der Waals surface area (Å²) in [5.41, 5.74) is 2.15. The van der Waals surface area contributed by atoms with Crippen molar-refractivity contribution in [3.63, 3.8) is 0 Å². The van der Waals surface area contributed by atoms with Crippen LogP contribution in [-0.2, 0) is 4.79 Å². The fourth-order valence-electron chi connectivity index (χ4n) is 2.81. The number of pyridine rings is 1. The van der Waals surface area contributed by atoms with Gasteiger partial charge in [-0.05, 0) is 38.3 Å². The van der Waals surface area contributed by atoms with Crippen LogP contribution < -0.4 is 10.6 Å². The second kappa shape index (κ2) is 6.13. The second-order valence-electron chi connectivity index (χ2n) is 5.64. The molecule has 1 aromatic carbocycles. The number of nitrogens with one attached hydrogen (secondary N) is 2. The normalized spacial score (nSPS) is 18.6. The minimum atomic E-state index is -0.456. The molecule has 1 saturated heterocycles. The number of aromatic nitrogens is 1. The first-order valence-electron chi connectivity index (χ1n) is 7.60. The van der Waals surface area contributed by atoms with Crippen LogP contribution in [0.4, 0.5) is 0 Å². The number of rotatable bonds is 2. The Labute approximate surface area is 129 Å². The Morgan fingerprint density at radius 3 is 3.00 bits per heavy atom. The molecule has 1 fully saturated rings. The summed E-state index contributed by atoms with van der Waals surface area (Å²) in [4.78, 5) is 29.0.